The zero-order valence-corrected chi connectivity index (χ0v) is 6.98. The van der Waals surface area contributed by atoms with Crippen LogP contribution in [0.5, 0.6) is 0 Å². The summed E-state index contributed by atoms with van der Waals surface area (Å²) in [5, 5.41) is 1.08. The summed E-state index contributed by atoms with van der Waals surface area (Å²) in [6.07, 6.45) is 0. The fraction of sp³-hybridized carbons (Fsp3) is 0.125. The van der Waals surface area contributed by atoms with Crippen LogP contribution >= 0.6 is 11.5 Å². The second-order valence-corrected chi connectivity index (χ2v) is 3.37. The van der Waals surface area contributed by atoms with Crippen molar-refractivity contribution in [3.05, 3.63) is 23.8 Å². The first-order valence-corrected chi connectivity index (χ1v) is 4.16. The Morgan fingerprint density at radius 3 is 3.09 bits per heavy atom. The lowest BCUT2D eigenvalue weighted by atomic mass is 10.0. The minimum atomic E-state index is 0.809. The van der Waals surface area contributed by atoms with Crippen molar-refractivity contribution in [1.29, 1.82) is 0 Å². The van der Waals surface area contributed by atoms with Gasteiger partial charge in [0.05, 0.1) is 5.52 Å². The van der Waals surface area contributed by atoms with Gasteiger partial charge in [-0.05, 0) is 23.8 Å². The Balaban J connectivity index is 2.87. The predicted octanol–water partition coefficient (Wildman–Crippen LogP) is 1.40. The fourth-order valence-electron chi connectivity index (χ4n) is 1.07. The van der Waals surface area contributed by atoms with E-state index in [1.165, 1.54) is 17.1 Å². The average molecular weight is 159 g/mol. The van der Waals surface area contributed by atoms with Gasteiger partial charge in [-0.3, -0.25) is 0 Å². The molecule has 3 heteroatoms. The molecule has 0 aliphatic heterocycles. The summed E-state index contributed by atoms with van der Waals surface area (Å²) in [5.74, 6) is 0. The number of hydrogen-bond acceptors (Lipinski definition) is 2. The van der Waals surface area contributed by atoms with Crippen LogP contribution in [0.1, 0.15) is 5.56 Å². The molecule has 0 fully saturated rings. The van der Waals surface area contributed by atoms with Gasteiger partial charge in [0.2, 0.25) is 0 Å². The van der Waals surface area contributed by atoms with Gasteiger partial charge in [-0.15, -0.1) is 0 Å². The number of nitrogens with zero attached hydrogens (tertiary/aromatic N) is 1. The van der Waals surface area contributed by atoms with E-state index >= 15 is 0 Å². The monoisotopic (exact) mass is 159 g/mol. The van der Waals surface area contributed by atoms with E-state index in [2.05, 4.69) is 17.4 Å². The van der Waals surface area contributed by atoms with Gasteiger partial charge >= 0.3 is 0 Å². The summed E-state index contributed by atoms with van der Waals surface area (Å²) in [4.78, 5) is 0. The fourth-order valence-corrected chi connectivity index (χ4v) is 1.69. The molecule has 52 valence electrons. The molecule has 1 nitrogen and oxygen atoms in total. The molecule has 0 saturated carbocycles. The van der Waals surface area contributed by atoms with Crippen molar-refractivity contribution in [3.8, 4) is 0 Å². The van der Waals surface area contributed by atoms with Crippen LogP contribution in [-0.2, 0) is 0 Å². The summed E-state index contributed by atoms with van der Waals surface area (Å²) >= 11 is 1.35. The number of rotatable bonds is 0. The molecule has 2 rings (SSSR count). The molecule has 1 aromatic carbocycles. The first-order valence-electron chi connectivity index (χ1n) is 3.39. The third-order valence-electron chi connectivity index (χ3n) is 1.66. The second-order valence-electron chi connectivity index (χ2n) is 2.57. The summed E-state index contributed by atoms with van der Waals surface area (Å²) in [6, 6.07) is 6.10. The molecule has 2 aromatic rings. The number of hydrogen-bond donors (Lipinski definition) is 0. The number of fused-ring (bicyclic) bond motifs is 1. The van der Waals surface area contributed by atoms with Crippen LogP contribution in [0.2, 0.25) is 0 Å². The van der Waals surface area contributed by atoms with Crippen molar-refractivity contribution < 1.29 is 0 Å². The third-order valence-corrected chi connectivity index (χ3v) is 2.36. The molecule has 0 amide bonds. The van der Waals surface area contributed by atoms with Crippen LogP contribution in [0.4, 0.5) is 0 Å². The molecule has 11 heavy (non-hydrogen) atoms. The van der Waals surface area contributed by atoms with Crippen molar-refractivity contribution in [1.82, 2.24) is 4.37 Å². The number of aromatic nitrogens is 1. The molecule has 2 radical (unpaired) electrons. The van der Waals surface area contributed by atoms with Gasteiger partial charge in [0.25, 0.3) is 0 Å². The molecule has 0 atom stereocenters. The van der Waals surface area contributed by atoms with E-state index in [0.29, 0.717) is 0 Å². The highest BCUT2D eigenvalue weighted by atomic mass is 32.1. The van der Waals surface area contributed by atoms with E-state index in [1.807, 2.05) is 12.1 Å². The number of benzene rings is 1. The van der Waals surface area contributed by atoms with Crippen molar-refractivity contribution in [2.75, 3.05) is 0 Å². The Labute approximate surface area is 70.6 Å². The molecular weight excluding hydrogens is 153 g/mol. The van der Waals surface area contributed by atoms with E-state index in [4.69, 9.17) is 7.85 Å². The normalized spacial score (nSPS) is 10.6. The lowest BCUT2D eigenvalue weighted by Crippen LogP contribution is -1.93. The minimum Gasteiger partial charge on any atom is -0.193 e. The topological polar surface area (TPSA) is 12.9 Å². The largest absolute Gasteiger partial charge is 0.193 e. The first kappa shape index (κ1) is 6.86. The van der Waals surface area contributed by atoms with Gasteiger partial charge in [0.1, 0.15) is 7.85 Å². The third kappa shape index (κ3) is 1.05. The Hall–Kier alpha value is -0.825. The van der Waals surface area contributed by atoms with Gasteiger partial charge in [-0.2, -0.15) is 4.37 Å². The molecular formula is C8H6BNS. The van der Waals surface area contributed by atoms with Gasteiger partial charge in [0, 0.05) is 5.39 Å². The van der Waals surface area contributed by atoms with Crippen LogP contribution < -0.4 is 4.78 Å². The lowest BCUT2D eigenvalue weighted by molar-refractivity contribution is 1.50. The smallest absolute Gasteiger partial charge is 0.131 e. The highest BCUT2D eigenvalue weighted by molar-refractivity contribution is 7.16. The quantitative estimate of drug-likeness (QED) is 0.529. The standard InChI is InChI=1S/C8H6BNS/c1-5-2-3-7-6(4-5)8(9)11-10-7/h2-4H,1H3. The minimum absolute atomic E-state index is 0.809. The molecule has 0 unspecified atom stereocenters. The van der Waals surface area contributed by atoms with Crippen LogP contribution in [-0.4, -0.2) is 12.2 Å². The molecule has 0 N–H and O–H groups in total. The highest BCUT2D eigenvalue weighted by Gasteiger charge is 1.99. The van der Waals surface area contributed by atoms with E-state index in [0.717, 1.165) is 15.7 Å². The Bertz CT molecular complexity index is 394. The molecule has 0 spiro atoms. The maximum Gasteiger partial charge on any atom is 0.131 e. The molecule has 0 bridgehead atoms. The van der Waals surface area contributed by atoms with Crippen molar-refractivity contribution >= 4 is 35.1 Å². The van der Waals surface area contributed by atoms with Gasteiger partial charge in [0.15, 0.2) is 0 Å². The maximum atomic E-state index is 5.70. The van der Waals surface area contributed by atoms with Crippen molar-refractivity contribution in [3.63, 3.8) is 0 Å². The van der Waals surface area contributed by atoms with E-state index < -0.39 is 0 Å². The summed E-state index contributed by atoms with van der Waals surface area (Å²) in [6.45, 7) is 2.05. The second kappa shape index (κ2) is 2.34. The zero-order valence-electron chi connectivity index (χ0n) is 6.16. The lowest BCUT2D eigenvalue weighted by Gasteiger charge is -1.91. The predicted molar refractivity (Wildman–Crippen MR) is 49.7 cm³/mol. The summed E-state index contributed by atoms with van der Waals surface area (Å²) in [7, 11) is 5.70. The first-order chi connectivity index (χ1) is 5.27. The molecule has 0 aliphatic rings. The van der Waals surface area contributed by atoms with Gasteiger partial charge in [-0.1, -0.05) is 23.2 Å². The average Bonchev–Trinajstić information content (AvgIpc) is 2.33. The van der Waals surface area contributed by atoms with E-state index in [1.54, 1.807) is 0 Å². The molecule has 1 aromatic heterocycles. The van der Waals surface area contributed by atoms with E-state index in [-0.39, 0.29) is 0 Å². The Morgan fingerprint density at radius 1 is 1.45 bits per heavy atom. The Morgan fingerprint density at radius 2 is 2.27 bits per heavy atom. The highest BCUT2D eigenvalue weighted by Crippen LogP contribution is 2.13. The zero-order chi connectivity index (χ0) is 7.84. The Kier molecular flexibility index (Phi) is 1.46. The maximum absolute atomic E-state index is 5.70. The van der Waals surface area contributed by atoms with E-state index in [9.17, 15) is 0 Å². The summed E-state index contributed by atoms with van der Waals surface area (Å²) in [5.41, 5.74) is 2.22. The SMILES string of the molecule is [B]c1snc2ccc(C)cc12. The van der Waals surface area contributed by atoms with Crippen LogP contribution in [0.25, 0.3) is 10.9 Å². The van der Waals surface area contributed by atoms with Gasteiger partial charge < -0.3 is 0 Å². The number of aryl methyl sites for hydroxylation is 1. The molecule has 1 heterocycles. The van der Waals surface area contributed by atoms with Crippen LogP contribution in [0.15, 0.2) is 18.2 Å². The molecule has 0 aliphatic carbocycles. The summed E-state index contributed by atoms with van der Waals surface area (Å²) < 4.78 is 4.99. The van der Waals surface area contributed by atoms with Crippen molar-refractivity contribution in [2.24, 2.45) is 0 Å². The van der Waals surface area contributed by atoms with Gasteiger partial charge in [-0.25, -0.2) is 0 Å². The van der Waals surface area contributed by atoms with Crippen LogP contribution in [0.3, 0.4) is 0 Å². The van der Waals surface area contributed by atoms with Crippen molar-refractivity contribution in [2.45, 2.75) is 6.92 Å². The molecule has 0 saturated heterocycles. The van der Waals surface area contributed by atoms with Crippen LogP contribution in [0, 0.1) is 6.92 Å².